The lowest BCUT2D eigenvalue weighted by atomic mass is 9.76. The normalized spacial score (nSPS) is 48.4. The Morgan fingerprint density at radius 2 is 1.60 bits per heavy atom. The van der Waals surface area contributed by atoms with Crippen LogP contribution < -0.4 is 0 Å². The van der Waals surface area contributed by atoms with Crippen LogP contribution >= 0.6 is 0 Å². The minimum Gasteiger partial charge on any atom is -0.459 e. The van der Waals surface area contributed by atoms with Crippen molar-refractivity contribution in [2.24, 2.45) is 17.8 Å². The molecule has 0 radical (unpaired) electrons. The molecule has 16 atom stereocenters. The molecule has 0 spiro atoms. The van der Waals surface area contributed by atoms with Crippen LogP contribution in [0.15, 0.2) is 11.6 Å². The number of likely N-dealkylation sites (N-methyl/N-ethyl adjacent to an activating group) is 1. The summed E-state index contributed by atoms with van der Waals surface area (Å²) in [6, 6.07) is -0.300. The van der Waals surface area contributed by atoms with Crippen LogP contribution in [-0.4, -0.2) is 136 Å². The number of hydrogen-bond donors (Lipinski definition) is 4. The standard InChI is InChI=1S/C37H65NO12/c1-14-26-35(8,43)16-19(2)28(39)20(3)17-36(9,44)32(50-34-29(40)25(38(11)12)15-21(4)46-34)22(5)30(23(6)33(42)48-26)49-27-18-37(10,45-13)31(41)24(7)47-27/h16,20-27,29-32,34,40-41,43-44H,14-15,17-18H2,1-13H3/b19-16+/t20-,21-,22+,23-,24+,25+,26-,27+,29-,30+,31+,32-,34+,35+,36-,37-/m1/s1. The van der Waals surface area contributed by atoms with Crippen molar-refractivity contribution >= 4 is 11.8 Å². The Labute approximate surface area is 298 Å². The SMILES string of the molecule is CC[C@H]1OC(=O)[C@H](C)[C@@H](O[C@H]2C[C@@](C)(OC)[C@@H](O)[C@H](C)O2)[C@H](C)[C@@H](O[C@@H]2O[C@H](C)C[C@H](N(C)C)[C@H]2O)[C@](C)(O)C[C@@H](C)C(=O)/C(C)=C/[C@]1(C)O. The first-order valence-electron chi connectivity index (χ1n) is 18.1. The van der Waals surface area contributed by atoms with Gasteiger partial charge in [-0.3, -0.25) is 9.59 Å². The zero-order valence-electron chi connectivity index (χ0n) is 32.4. The van der Waals surface area contributed by atoms with Crippen molar-refractivity contribution < 1.29 is 58.4 Å². The largest absolute Gasteiger partial charge is 0.459 e. The van der Waals surface area contributed by atoms with Gasteiger partial charge in [-0.2, -0.15) is 0 Å². The van der Waals surface area contributed by atoms with E-state index in [2.05, 4.69) is 0 Å². The van der Waals surface area contributed by atoms with Gasteiger partial charge in [-0.15, -0.1) is 0 Å². The molecule has 3 heterocycles. The van der Waals surface area contributed by atoms with E-state index in [0.717, 1.165) is 0 Å². The van der Waals surface area contributed by atoms with Gasteiger partial charge in [0.05, 0.1) is 41.5 Å². The van der Waals surface area contributed by atoms with Crippen LogP contribution in [0.5, 0.6) is 0 Å². The predicted octanol–water partition coefficient (Wildman–Crippen LogP) is 2.73. The van der Waals surface area contributed by atoms with Gasteiger partial charge in [-0.05, 0) is 93.5 Å². The van der Waals surface area contributed by atoms with E-state index in [1.807, 2.05) is 25.9 Å². The average Bonchev–Trinajstić information content (AvgIpc) is 3.02. The van der Waals surface area contributed by atoms with Crippen LogP contribution in [-0.2, 0) is 38.0 Å². The average molecular weight is 716 g/mol. The Balaban J connectivity index is 2.18. The Morgan fingerprint density at radius 1 is 0.980 bits per heavy atom. The number of nitrogens with zero attached hydrogens (tertiary/aromatic N) is 1. The molecule has 0 aromatic heterocycles. The molecule has 3 aliphatic rings. The summed E-state index contributed by atoms with van der Waals surface area (Å²) < 4.78 is 37.2. The highest BCUT2D eigenvalue weighted by Crippen LogP contribution is 2.40. The number of methoxy groups -OCH3 is 1. The number of allylic oxidation sites excluding steroid dienone is 1. The zero-order chi connectivity index (χ0) is 38.1. The number of cyclic esters (lactones) is 1. The molecule has 2 saturated heterocycles. The topological polar surface area (TPSA) is 174 Å². The van der Waals surface area contributed by atoms with Gasteiger partial charge < -0.3 is 53.7 Å². The molecule has 50 heavy (non-hydrogen) atoms. The van der Waals surface area contributed by atoms with Crippen LogP contribution in [0, 0.1) is 17.8 Å². The van der Waals surface area contributed by atoms with Gasteiger partial charge in [-0.1, -0.05) is 20.8 Å². The highest BCUT2D eigenvalue weighted by molar-refractivity contribution is 5.96. The van der Waals surface area contributed by atoms with Gasteiger partial charge >= 0.3 is 5.97 Å². The minimum atomic E-state index is -1.73. The van der Waals surface area contributed by atoms with E-state index >= 15 is 0 Å². The molecule has 13 heteroatoms. The third kappa shape index (κ3) is 9.52. The van der Waals surface area contributed by atoms with Crippen molar-refractivity contribution in [3.8, 4) is 0 Å². The Kier molecular flexibility index (Phi) is 14.3. The molecule has 13 nitrogen and oxygen atoms in total. The third-order valence-electron chi connectivity index (χ3n) is 11.2. The molecule has 0 bridgehead atoms. The van der Waals surface area contributed by atoms with Gasteiger partial charge in [-0.25, -0.2) is 0 Å². The van der Waals surface area contributed by atoms with Gasteiger partial charge in [0.2, 0.25) is 0 Å². The van der Waals surface area contributed by atoms with E-state index in [1.54, 1.807) is 55.4 Å². The molecule has 0 amide bonds. The zero-order valence-corrected chi connectivity index (χ0v) is 32.4. The lowest BCUT2D eigenvalue weighted by molar-refractivity contribution is -0.317. The third-order valence-corrected chi connectivity index (χ3v) is 11.2. The molecule has 0 unspecified atom stereocenters. The second-order valence-electron chi connectivity index (χ2n) is 16.0. The summed E-state index contributed by atoms with van der Waals surface area (Å²) in [5, 5.41) is 46.1. The summed E-state index contributed by atoms with van der Waals surface area (Å²) in [5.74, 6) is -3.48. The van der Waals surface area contributed by atoms with Gasteiger partial charge in [0.25, 0.3) is 0 Å². The van der Waals surface area contributed by atoms with Crippen LogP contribution in [0.4, 0.5) is 0 Å². The van der Waals surface area contributed by atoms with Crippen molar-refractivity contribution in [2.75, 3.05) is 21.2 Å². The summed E-state index contributed by atoms with van der Waals surface area (Å²) in [6.45, 7) is 16.9. The van der Waals surface area contributed by atoms with Crippen molar-refractivity contribution in [1.82, 2.24) is 4.90 Å². The smallest absolute Gasteiger partial charge is 0.311 e. The minimum absolute atomic E-state index is 0.0582. The molecule has 2 fully saturated rings. The van der Waals surface area contributed by atoms with Gasteiger partial charge in [0, 0.05) is 31.4 Å². The number of esters is 1. The molecule has 0 aliphatic carbocycles. The predicted molar refractivity (Wildman–Crippen MR) is 185 cm³/mol. The number of carbonyl (C=O) groups excluding carboxylic acids is 2. The lowest BCUT2D eigenvalue weighted by Gasteiger charge is -2.48. The summed E-state index contributed by atoms with van der Waals surface area (Å²) in [7, 11) is 5.22. The van der Waals surface area contributed by atoms with E-state index in [-0.39, 0.29) is 42.8 Å². The fourth-order valence-corrected chi connectivity index (χ4v) is 8.09. The molecular formula is C37H65NO12. The maximum absolute atomic E-state index is 14.0. The molecule has 3 aliphatic heterocycles. The van der Waals surface area contributed by atoms with Crippen LogP contribution in [0.25, 0.3) is 0 Å². The Hall–Kier alpha value is -1.52. The van der Waals surface area contributed by atoms with Crippen LogP contribution in [0.3, 0.4) is 0 Å². The van der Waals surface area contributed by atoms with Crippen LogP contribution in [0.1, 0.15) is 94.9 Å². The van der Waals surface area contributed by atoms with Crippen molar-refractivity contribution in [3.05, 3.63) is 11.6 Å². The molecule has 0 saturated carbocycles. The van der Waals surface area contributed by atoms with E-state index in [9.17, 15) is 30.0 Å². The number of aliphatic hydroxyl groups excluding tert-OH is 2. The van der Waals surface area contributed by atoms with Crippen molar-refractivity contribution in [3.63, 3.8) is 0 Å². The summed E-state index contributed by atoms with van der Waals surface area (Å²) in [6.07, 6.45) is -5.98. The van der Waals surface area contributed by atoms with E-state index in [4.69, 9.17) is 28.4 Å². The molecular weight excluding hydrogens is 650 g/mol. The van der Waals surface area contributed by atoms with Crippen molar-refractivity contribution in [1.29, 1.82) is 0 Å². The summed E-state index contributed by atoms with van der Waals surface area (Å²) in [5.41, 5.74) is -4.16. The quantitative estimate of drug-likeness (QED) is 0.284. The van der Waals surface area contributed by atoms with E-state index in [1.165, 1.54) is 20.1 Å². The second kappa shape index (κ2) is 16.7. The number of ketones is 1. The number of aliphatic hydroxyl groups is 4. The first-order valence-corrected chi connectivity index (χ1v) is 18.1. The molecule has 0 aromatic rings. The second-order valence-corrected chi connectivity index (χ2v) is 16.0. The molecule has 4 N–H and O–H groups in total. The summed E-state index contributed by atoms with van der Waals surface area (Å²) in [4.78, 5) is 29.6. The summed E-state index contributed by atoms with van der Waals surface area (Å²) >= 11 is 0. The fraction of sp³-hybridized carbons (Fsp3) is 0.892. The Bertz CT molecular complexity index is 1190. The monoisotopic (exact) mass is 715 g/mol. The number of Topliss-reactive ketones (excluding diaryl/α,β-unsaturated/α-hetero) is 1. The number of ether oxygens (including phenoxy) is 6. The van der Waals surface area contributed by atoms with Crippen molar-refractivity contribution in [2.45, 2.75) is 173 Å². The Morgan fingerprint density at radius 3 is 2.16 bits per heavy atom. The maximum Gasteiger partial charge on any atom is 0.311 e. The molecule has 3 rings (SSSR count). The van der Waals surface area contributed by atoms with Gasteiger partial charge in [0.1, 0.15) is 23.9 Å². The fourth-order valence-electron chi connectivity index (χ4n) is 8.09. The highest BCUT2D eigenvalue weighted by atomic mass is 16.7. The molecule has 0 aromatic carbocycles. The molecule has 290 valence electrons. The number of carbonyl (C=O) groups is 2. The highest BCUT2D eigenvalue weighted by Gasteiger charge is 2.52. The lowest BCUT2D eigenvalue weighted by Crippen LogP contribution is -2.60. The number of hydrogen-bond acceptors (Lipinski definition) is 13. The van der Waals surface area contributed by atoms with Gasteiger partial charge in [0.15, 0.2) is 18.4 Å². The first kappa shape index (κ1) is 42.9. The maximum atomic E-state index is 14.0. The van der Waals surface area contributed by atoms with E-state index in [0.29, 0.717) is 6.42 Å². The first-order chi connectivity index (χ1) is 23.0. The number of rotatable bonds is 7. The van der Waals surface area contributed by atoms with Crippen LogP contribution in [0.2, 0.25) is 0 Å². The van der Waals surface area contributed by atoms with E-state index < -0.39 is 89.7 Å².